The summed E-state index contributed by atoms with van der Waals surface area (Å²) in [6.45, 7) is 3.75. The van der Waals surface area contributed by atoms with E-state index in [0.717, 1.165) is 6.42 Å². The van der Waals surface area contributed by atoms with Crippen LogP contribution in [0.2, 0.25) is 0 Å². The molecule has 0 rings (SSSR count). The Balaban J connectivity index is 0. The van der Waals surface area contributed by atoms with Crippen molar-refractivity contribution in [1.29, 1.82) is 0 Å². The molecule has 0 aliphatic rings. The van der Waals surface area contributed by atoms with Gasteiger partial charge in [-0.05, 0) is 25.8 Å². The summed E-state index contributed by atoms with van der Waals surface area (Å²) in [5.74, 6) is 0.150. The van der Waals surface area contributed by atoms with E-state index in [0.29, 0.717) is 0 Å². The number of rotatable bonds is 5. The second-order valence-corrected chi connectivity index (χ2v) is 2.51. The molecule has 0 aliphatic carbocycles. The Morgan fingerprint density at radius 3 is 2.45 bits per heavy atom. The summed E-state index contributed by atoms with van der Waals surface area (Å²) in [7, 11) is 0. The molecule has 0 N–H and O–H groups in total. The van der Waals surface area contributed by atoms with Gasteiger partial charge in [0.15, 0.2) is 5.78 Å². The summed E-state index contributed by atoms with van der Waals surface area (Å²) in [5.41, 5.74) is 0. The number of hydrogen-bond acceptors (Lipinski definition) is 1. The average molecular weight is 259 g/mol. The van der Waals surface area contributed by atoms with E-state index in [2.05, 4.69) is 6.92 Å². The second-order valence-electron chi connectivity index (χ2n) is 2.51. The normalized spacial score (nSPS) is 9.64. The molecule has 0 atom stereocenters. The molecule has 2 heteroatoms. The van der Waals surface area contributed by atoms with Gasteiger partial charge >= 0.3 is 0 Å². The molecule has 0 bridgehead atoms. The topological polar surface area (TPSA) is 17.1 Å². The summed E-state index contributed by atoms with van der Waals surface area (Å²) >= 11 is 0. The molecule has 0 aromatic rings. The average Bonchev–Trinajstić information content (AvgIpc) is 1.87. The predicted molar refractivity (Wildman–Crippen MR) is 49.7 cm³/mol. The van der Waals surface area contributed by atoms with Crippen LogP contribution in [0.5, 0.6) is 0 Å². The number of ketones is 1. The number of hydrogen-bond donors (Lipinski definition) is 0. The Morgan fingerprint density at radius 1 is 1.36 bits per heavy atom. The van der Waals surface area contributed by atoms with Crippen LogP contribution in [0.3, 0.4) is 0 Å². The molecule has 0 spiro atoms. The van der Waals surface area contributed by atoms with Gasteiger partial charge in [0.2, 0.25) is 0 Å². The van der Waals surface area contributed by atoms with Gasteiger partial charge < -0.3 is 0 Å². The van der Waals surface area contributed by atoms with Crippen molar-refractivity contribution in [3.8, 4) is 0 Å². The monoisotopic (exact) mass is 260 g/mol. The van der Waals surface area contributed by atoms with E-state index in [1.165, 1.54) is 19.3 Å². The Kier molecular flexibility index (Phi) is 12.8. The molecule has 0 saturated heterocycles. The molecule has 62 valence electrons. The third kappa shape index (κ3) is 13.2. The van der Waals surface area contributed by atoms with E-state index in [9.17, 15) is 4.79 Å². The number of carbonyl (C=O) groups is 1. The fourth-order valence-corrected chi connectivity index (χ4v) is 0.761. The Labute approximate surface area is 86.2 Å². The fourth-order valence-electron chi connectivity index (χ4n) is 0.761. The van der Waals surface area contributed by atoms with Gasteiger partial charge in [0.1, 0.15) is 0 Å². The SMILES string of the molecule is CCCCCC=CC(C)=O.[Sn]. The Bertz CT molecular complexity index is 119. The smallest absolute Gasteiger partial charge is 0.152 e. The van der Waals surface area contributed by atoms with Crippen LogP contribution in [0, 0.1) is 0 Å². The van der Waals surface area contributed by atoms with Gasteiger partial charge in [0.25, 0.3) is 0 Å². The van der Waals surface area contributed by atoms with Gasteiger partial charge in [-0.3, -0.25) is 4.79 Å². The molecule has 0 unspecified atom stereocenters. The van der Waals surface area contributed by atoms with Gasteiger partial charge in [-0.2, -0.15) is 0 Å². The number of unbranched alkanes of at least 4 members (excludes halogenated alkanes) is 3. The third-order valence-corrected chi connectivity index (χ3v) is 1.33. The Hall–Kier alpha value is 0.209. The van der Waals surface area contributed by atoms with Gasteiger partial charge in [-0.15, -0.1) is 0 Å². The van der Waals surface area contributed by atoms with Gasteiger partial charge in [0.05, 0.1) is 0 Å². The zero-order valence-electron chi connectivity index (χ0n) is 7.39. The third-order valence-electron chi connectivity index (χ3n) is 1.33. The molecule has 0 fully saturated rings. The van der Waals surface area contributed by atoms with E-state index in [-0.39, 0.29) is 29.7 Å². The van der Waals surface area contributed by atoms with Gasteiger partial charge in [0, 0.05) is 23.9 Å². The summed E-state index contributed by atoms with van der Waals surface area (Å²) < 4.78 is 0. The first-order valence-corrected chi connectivity index (χ1v) is 3.94. The minimum Gasteiger partial charge on any atom is -0.295 e. The van der Waals surface area contributed by atoms with Gasteiger partial charge in [-0.1, -0.05) is 25.8 Å². The summed E-state index contributed by atoms with van der Waals surface area (Å²) in [6, 6.07) is 0. The molecular formula is C9H16OSn. The van der Waals surface area contributed by atoms with Crippen molar-refractivity contribution in [3.05, 3.63) is 12.2 Å². The zero-order valence-corrected chi connectivity index (χ0v) is 10.2. The van der Waals surface area contributed by atoms with Crippen molar-refractivity contribution >= 4 is 29.7 Å². The van der Waals surface area contributed by atoms with Crippen LogP contribution in [0.1, 0.15) is 39.5 Å². The van der Waals surface area contributed by atoms with Crippen LogP contribution in [-0.4, -0.2) is 29.7 Å². The first-order chi connectivity index (χ1) is 4.77. The van der Waals surface area contributed by atoms with Crippen molar-refractivity contribution in [3.63, 3.8) is 0 Å². The van der Waals surface area contributed by atoms with Crippen molar-refractivity contribution in [1.82, 2.24) is 0 Å². The fraction of sp³-hybridized carbons (Fsp3) is 0.667. The van der Waals surface area contributed by atoms with Crippen molar-refractivity contribution in [2.24, 2.45) is 0 Å². The molecule has 0 aromatic carbocycles. The minimum atomic E-state index is 0. The maximum absolute atomic E-state index is 10.4. The molecule has 0 saturated carbocycles. The Morgan fingerprint density at radius 2 is 2.00 bits per heavy atom. The summed E-state index contributed by atoms with van der Waals surface area (Å²) in [5, 5.41) is 0. The van der Waals surface area contributed by atoms with Crippen LogP contribution < -0.4 is 0 Å². The van der Waals surface area contributed by atoms with E-state index < -0.39 is 0 Å². The van der Waals surface area contributed by atoms with Crippen molar-refractivity contribution in [2.45, 2.75) is 39.5 Å². The zero-order chi connectivity index (χ0) is 7.82. The van der Waals surface area contributed by atoms with Crippen LogP contribution >= 0.6 is 0 Å². The predicted octanol–water partition coefficient (Wildman–Crippen LogP) is 2.33. The largest absolute Gasteiger partial charge is 0.295 e. The van der Waals surface area contributed by atoms with E-state index in [1.54, 1.807) is 13.0 Å². The van der Waals surface area contributed by atoms with E-state index in [1.807, 2.05) is 6.08 Å². The van der Waals surface area contributed by atoms with E-state index >= 15 is 0 Å². The van der Waals surface area contributed by atoms with Crippen molar-refractivity contribution in [2.75, 3.05) is 0 Å². The van der Waals surface area contributed by atoms with E-state index in [4.69, 9.17) is 0 Å². The summed E-state index contributed by atoms with van der Waals surface area (Å²) in [4.78, 5) is 10.4. The molecule has 0 aromatic heterocycles. The van der Waals surface area contributed by atoms with Crippen LogP contribution in [0.25, 0.3) is 0 Å². The number of allylic oxidation sites excluding steroid dienone is 2. The molecule has 0 amide bonds. The molecular weight excluding hydrogens is 243 g/mol. The standard InChI is InChI=1S/C9H16O.Sn/c1-3-4-5-6-7-8-9(2)10;/h7-8H,3-6H2,1-2H3;. The summed E-state index contributed by atoms with van der Waals surface area (Å²) in [6.07, 6.45) is 8.37. The van der Waals surface area contributed by atoms with Crippen LogP contribution in [0.15, 0.2) is 12.2 Å². The first kappa shape index (κ1) is 13.8. The van der Waals surface area contributed by atoms with Crippen LogP contribution in [0.4, 0.5) is 0 Å². The number of carbonyl (C=O) groups excluding carboxylic acids is 1. The first-order valence-electron chi connectivity index (χ1n) is 3.94. The molecule has 1 nitrogen and oxygen atoms in total. The molecule has 0 aliphatic heterocycles. The van der Waals surface area contributed by atoms with Crippen molar-refractivity contribution < 1.29 is 4.79 Å². The molecule has 4 radical (unpaired) electrons. The minimum absolute atomic E-state index is 0. The maximum Gasteiger partial charge on any atom is 0.152 e. The quantitative estimate of drug-likeness (QED) is 0.420. The second kappa shape index (κ2) is 10.2. The molecule has 11 heavy (non-hydrogen) atoms. The maximum atomic E-state index is 10.4. The van der Waals surface area contributed by atoms with Gasteiger partial charge in [-0.25, -0.2) is 0 Å². The van der Waals surface area contributed by atoms with Crippen LogP contribution in [-0.2, 0) is 4.79 Å². The molecule has 0 heterocycles.